The van der Waals surface area contributed by atoms with E-state index in [0.29, 0.717) is 5.41 Å². The van der Waals surface area contributed by atoms with Crippen LogP contribution in [0.3, 0.4) is 0 Å². The highest BCUT2D eigenvalue weighted by Crippen LogP contribution is 2.37. The molecule has 22 heavy (non-hydrogen) atoms. The van der Waals surface area contributed by atoms with Gasteiger partial charge in [0.15, 0.2) is 0 Å². The zero-order valence-corrected chi connectivity index (χ0v) is 13.3. The topological polar surface area (TPSA) is 57.3 Å². The van der Waals surface area contributed by atoms with Crippen LogP contribution in [0.2, 0.25) is 0 Å². The van der Waals surface area contributed by atoms with Crippen molar-refractivity contribution in [3.05, 3.63) is 30.1 Å². The van der Waals surface area contributed by atoms with Gasteiger partial charge in [-0.3, -0.25) is 9.78 Å². The number of nitrogens with one attached hydrogen (secondary N) is 2. The van der Waals surface area contributed by atoms with Gasteiger partial charge in [0, 0.05) is 38.4 Å². The molecule has 0 aromatic carbocycles. The van der Waals surface area contributed by atoms with Crippen LogP contribution < -0.4 is 10.6 Å². The first-order chi connectivity index (χ1) is 10.7. The summed E-state index contributed by atoms with van der Waals surface area (Å²) >= 11 is 0. The van der Waals surface area contributed by atoms with Crippen molar-refractivity contribution in [2.24, 2.45) is 5.41 Å². The molecule has 0 aliphatic carbocycles. The summed E-state index contributed by atoms with van der Waals surface area (Å²) in [5, 5.41) is 6.87. The molecule has 2 fully saturated rings. The summed E-state index contributed by atoms with van der Waals surface area (Å²) < 4.78 is 0. The maximum absolute atomic E-state index is 12.6. The summed E-state index contributed by atoms with van der Waals surface area (Å²) in [5.41, 5.74) is 1.38. The van der Waals surface area contributed by atoms with Gasteiger partial charge in [-0.1, -0.05) is 6.07 Å². The van der Waals surface area contributed by atoms with E-state index in [-0.39, 0.29) is 11.9 Å². The maximum Gasteiger partial charge on any atom is 0.239 e. The molecule has 3 rings (SSSR count). The van der Waals surface area contributed by atoms with Crippen molar-refractivity contribution in [1.82, 2.24) is 20.5 Å². The lowest BCUT2D eigenvalue weighted by Crippen LogP contribution is -2.42. The highest BCUT2D eigenvalue weighted by atomic mass is 16.2. The van der Waals surface area contributed by atoms with Crippen LogP contribution >= 0.6 is 0 Å². The summed E-state index contributed by atoms with van der Waals surface area (Å²) in [4.78, 5) is 18.8. The predicted molar refractivity (Wildman–Crippen MR) is 86.5 cm³/mol. The number of hydrogen-bond acceptors (Lipinski definition) is 4. The van der Waals surface area contributed by atoms with Gasteiger partial charge in [-0.05, 0) is 49.9 Å². The van der Waals surface area contributed by atoms with Crippen LogP contribution in [-0.2, 0) is 11.2 Å². The molecule has 1 atom stereocenters. The first-order valence-corrected chi connectivity index (χ1v) is 8.28. The molecule has 2 aliphatic rings. The lowest BCUT2D eigenvalue weighted by atomic mass is 9.77. The van der Waals surface area contributed by atoms with Crippen molar-refractivity contribution in [2.45, 2.75) is 31.7 Å². The minimum Gasteiger partial charge on any atom is -0.344 e. The molecule has 5 heteroatoms. The lowest BCUT2D eigenvalue weighted by Gasteiger charge is -2.33. The lowest BCUT2D eigenvalue weighted by molar-refractivity contribution is -0.131. The Morgan fingerprint density at radius 1 is 1.41 bits per heavy atom. The number of aromatic nitrogens is 1. The molecule has 1 spiro atoms. The zero-order chi connectivity index (χ0) is 15.4. The Balaban J connectivity index is 1.51. The minimum absolute atomic E-state index is 0.00756. The standard InChI is InChI=1S/C17H26N4O/c1-21(11-5-14-4-2-3-8-19-14)16(22)15-12-17(13-20-15)6-9-18-10-7-17/h2-4,8,15,18,20H,5-7,9-13H2,1H3/t15-/m0/s1. The Bertz CT molecular complexity index is 499. The number of hydrogen-bond donors (Lipinski definition) is 2. The number of piperidine rings is 1. The second-order valence-electron chi connectivity index (χ2n) is 6.72. The van der Waals surface area contributed by atoms with E-state index in [1.165, 1.54) is 12.8 Å². The molecule has 120 valence electrons. The average Bonchev–Trinajstić information content (AvgIpc) is 2.97. The molecule has 0 unspecified atom stereocenters. The number of rotatable bonds is 4. The number of likely N-dealkylation sites (N-methyl/N-ethyl adjacent to an activating group) is 1. The third-order valence-corrected chi connectivity index (χ3v) is 5.13. The number of nitrogens with zero attached hydrogens (tertiary/aromatic N) is 2. The van der Waals surface area contributed by atoms with Crippen molar-refractivity contribution in [3.63, 3.8) is 0 Å². The average molecular weight is 302 g/mol. The molecule has 2 saturated heterocycles. The summed E-state index contributed by atoms with van der Waals surface area (Å²) in [6.45, 7) is 3.87. The summed E-state index contributed by atoms with van der Waals surface area (Å²) in [6, 6.07) is 5.91. The number of carbonyl (C=O) groups is 1. The monoisotopic (exact) mass is 302 g/mol. The van der Waals surface area contributed by atoms with Crippen molar-refractivity contribution >= 4 is 5.91 Å². The molecule has 1 amide bonds. The van der Waals surface area contributed by atoms with Crippen LogP contribution in [-0.4, -0.2) is 55.1 Å². The van der Waals surface area contributed by atoms with Gasteiger partial charge in [0.25, 0.3) is 0 Å². The molecule has 1 aromatic rings. The van der Waals surface area contributed by atoms with E-state index in [1.54, 1.807) is 6.20 Å². The fourth-order valence-corrected chi connectivity index (χ4v) is 3.63. The van der Waals surface area contributed by atoms with Crippen LogP contribution in [0.4, 0.5) is 0 Å². The third kappa shape index (κ3) is 3.47. The van der Waals surface area contributed by atoms with Gasteiger partial charge in [-0.25, -0.2) is 0 Å². The number of amides is 1. The van der Waals surface area contributed by atoms with Gasteiger partial charge in [-0.15, -0.1) is 0 Å². The third-order valence-electron chi connectivity index (χ3n) is 5.13. The van der Waals surface area contributed by atoms with Crippen molar-refractivity contribution in [1.29, 1.82) is 0 Å². The van der Waals surface area contributed by atoms with Crippen LogP contribution in [0, 0.1) is 5.41 Å². The molecule has 3 heterocycles. The van der Waals surface area contributed by atoms with E-state index in [0.717, 1.165) is 44.7 Å². The number of pyridine rings is 1. The summed E-state index contributed by atoms with van der Waals surface area (Å²) in [5.74, 6) is 0.228. The number of carbonyl (C=O) groups excluding carboxylic acids is 1. The van der Waals surface area contributed by atoms with E-state index < -0.39 is 0 Å². The van der Waals surface area contributed by atoms with E-state index in [4.69, 9.17) is 0 Å². The fraction of sp³-hybridized carbons (Fsp3) is 0.647. The molecule has 2 N–H and O–H groups in total. The van der Waals surface area contributed by atoms with Crippen LogP contribution in [0.25, 0.3) is 0 Å². The summed E-state index contributed by atoms with van der Waals surface area (Å²) in [6.07, 6.45) is 5.96. The minimum atomic E-state index is -0.00756. The molecule has 0 bridgehead atoms. The second kappa shape index (κ2) is 6.75. The Kier molecular flexibility index (Phi) is 4.74. The molecular weight excluding hydrogens is 276 g/mol. The van der Waals surface area contributed by atoms with Crippen LogP contribution in [0.15, 0.2) is 24.4 Å². The maximum atomic E-state index is 12.6. The molecule has 0 radical (unpaired) electrons. The molecule has 1 aromatic heterocycles. The van der Waals surface area contributed by atoms with Gasteiger partial charge in [0.1, 0.15) is 0 Å². The van der Waals surface area contributed by atoms with Crippen LogP contribution in [0.5, 0.6) is 0 Å². The smallest absolute Gasteiger partial charge is 0.239 e. The van der Waals surface area contributed by atoms with Crippen molar-refractivity contribution in [3.8, 4) is 0 Å². The summed E-state index contributed by atoms with van der Waals surface area (Å²) in [7, 11) is 1.90. The van der Waals surface area contributed by atoms with Crippen LogP contribution in [0.1, 0.15) is 25.0 Å². The molecule has 2 aliphatic heterocycles. The van der Waals surface area contributed by atoms with Gasteiger partial charge in [0.2, 0.25) is 5.91 Å². The Morgan fingerprint density at radius 2 is 2.23 bits per heavy atom. The van der Waals surface area contributed by atoms with Gasteiger partial charge in [0.05, 0.1) is 6.04 Å². The predicted octanol–water partition coefficient (Wildman–Crippen LogP) is 0.814. The van der Waals surface area contributed by atoms with Crippen molar-refractivity contribution in [2.75, 3.05) is 33.2 Å². The fourth-order valence-electron chi connectivity index (χ4n) is 3.63. The van der Waals surface area contributed by atoms with Gasteiger partial charge >= 0.3 is 0 Å². The quantitative estimate of drug-likeness (QED) is 0.864. The highest BCUT2D eigenvalue weighted by molar-refractivity contribution is 5.82. The first-order valence-electron chi connectivity index (χ1n) is 8.28. The van der Waals surface area contributed by atoms with E-state index in [2.05, 4.69) is 15.6 Å². The molecule has 5 nitrogen and oxygen atoms in total. The van der Waals surface area contributed by atoms with Gasteiger partial charge in [-0.2, -0.15) is 0 Å². The van der Waals surface area contributed by atoms with Gasteiger partial charge < -0.3 is 15.5 Å². The van der Waals surface area contributed by atoms with E-state index in [1.807, 2.05) is 30.1 Å². The normalized spacial score (nSPS) is 23.6. The Morgan fingerprint density at radius 3 is 2.95 bits per heavy atom. The zero-order valence-electron chi connectivity index (χ0n) is 13.3. The second-order valence-corrected chi connectivity index (χ2v) is 6.72. The van der Waals surface area contributed by atoms with E-state index in [9.17, 15) is 4.79 Å². The molecular formula is C17H26N4O. The van der Waals surface area contributed by atoms with E-state index >= 15 is 0 Å². The Hall–Kier alpha value is -1.46. The van der Waals surface area contributed by atoms with Crippen molar-refractivity contribution < 1.29 is 4.79 Å². The Labute approximate surface area is 132 Å². The SMILES string of the molecule is CN(CCc1ccccn1)C(=O)[C@@H]1CC2(CCNCC2)CN1. The first kappa shape index (κ1) is 15.4. The largest absolute Gasteiger partial charge is 0.344 e. The molecule has 0 saturated carbocycles. The highest BCUT2D eigenvalue weighted by Gasteiger charge is 2.42.